The van der Waals surface area contributed by atoms with E-state index in [1.54, 1.807) is 10.6 Å². The van der Waals surface area contributed by atoms with Crippen molar-refractivity contribution in [3.63, 3.8) is 0 Å². The third-order valence-electron chi connectivity index (χ3n) is 4.68. The number of carbonyl (C=O) groups is 1. The third-order valence-corrected chi connectivity index (χ3v) is 4.68. The Labute approximate surface area is 167 Å². The fourth-order valence-corrected chi connectivity index (χ4v) is 3.30. The molecule has 1 amide bonds. The van der Waals surface area contributed by atoms with E-state index in [1.165, 1.54) is 0 Å². The van der Waals surface area contributed by atoms with Crippen molar-refractivity contribution in [2.45, 2.75) is 6.54 Å². The number of anilines is 1. The lowest BCUT2D eigenvalue weighted by atomic mass is 10.1. The zero-order valence-corrected chi connectivity index (χ0v) is 15.7. The molecule has 6 heteroatoms. The minimum atomic E-state index is -0.432. The fourth-order valence-electron chi connectivity index (χ4n) is 3.30. The van der Waals surface area contributed by atoms with Crippen molar-refractivity contribution in [3.8, 4) is 5.88 Å². The lowest BCUT2D eigenvalue weighted by Crippen LogP contribution is -2.10. The van der Waals surface area contributed by atoms with Crippen LogP contribution in [0.3, 0.4) is 0 Å². The van der Waals surface area contributed by atoms with Crippen LogP contribution in [0.1, 0.15) is 0 Å². The summed E-state index contributed by atoms with van der Waals surface area (Å²) in [4.78, 5) is 12.2. The molecule has 0 radical (unpaired) electrons. The number of fused-ring (bicyclic) bond motifs is 2. The first-order valence-electron chi connectivity index (χ1n) is 9.25. The first-order valence-corrected chi connectivity index (χ1v) is 9.25. The van der Waals surface area contributed by atoms with Gasteiger partial charge in [0.1, 0.15) is 0 Å². The number of aromatic hydroxyl groups is 1. The fraction of sp³-hybridized carbons (Fsp3) is 0.0870. The van der Waals surface area contributed by atoms with E-state index in [1.807, 2.05) is 66.7 Å². The van der Waals surface area contributed by atoms with Gasteiger partial charge in [0.05, 0.1) is 12.1 Å². The minimum absolute atomic E-state index is 0.00784. The molecule has 0 saturated carbocycles. The van der Waals surface area contributed by atoms with Gasteiger partial charge in [0, 0.05) is 17.6 Å². The van der Waals surface area contributed by atoms with Crippen molar-refractivity contribution < 1.29 is 9.90 Å². The SMILES string of the molecule is C=CCn1c(O)c(N=NC(=O)CNc2ccc3ccccc3c2)c2ccccc21. The van der Waals surface area contributed by atoms with Crippen LogP contribution in [-0.4, -0.2) is 22.1 Å². The number of hydrogen-bond acceptors (Lipinski definition) is 4. The van der Waals surface area contributed by atoms with Crippen LogP contribution in [0.4, 0.5) is 11.4 Å². The highest BCUT2D eigenvalue weighted by atomic mass is 16.3. The van der Waals surface area contributed by atoms with Crippen LogP contribution in [0.5, 0.6) is 5.88 Å². The van der Waals surface area contributed by atoms with Gasteiger partial charge >= 0.3 is 0 Å². The van der Waals surface area contributed by atoms with Gasteiger partial charge in [-0.15, -0.1) is 16.8 Å². The van der Waals surface area contributed by atoms with E-state index < -0.39 is 5.91 Å². The van der Waals surface area contributed by atoms with Gasteiger partial charge in [-0.2, -0.15) is 0 Å². The number of allylic oxidation sites excluding steroid dienone is 1. The molecule has 4 aromatic rings. The Morgan fingerprint density at radius 1 is 1.07 bits per heavy atom. The predicted octanol–water partition coefficient (Wildman–Crippen LogP) is 5.41. The second-order valence-corrected chi connectivity index (χ2v) is 6.60. The molecule has 0 spiro atoms. The summed E-state index contributed by atoms with van der Waals surface area (Å²) < 4.78 is 1.68. The highest BCUT2D eigenvalue weighted by molar-refractivity contribution is 5.95. The Bertz CT molecular complexity index is 1240. The van der Waals surface area contributed by atoms with Crippen molar-refractivity contribution in [3.05, 3.63) is 79.4 Å². The molecule has 0 unspecified atom stereocenters. The molecule has 1 aromatic heterocycles. The number of aromatic nitrogens is 1. The van der Waals surface area contributed by atoms with E-state index in [4.69, 9.17) is 0 Å². The molecule has 29 heavy (non-hydrogen) atoms. The van der Waals surface area contributed by atoms with Gasteiger partial charge in [0.2, 0.25) is 5.88 Å². The highest BCUT2D eigenvalue weighted by Gasteiger charge is 2.15. The van der Waals surface area contributed by atoms with Gasteiger partial charge in [0.15, 0.2) is 5.69 Å². The van der Waals surface area contributed by atoms with E-state index in [-0.39, 0.29) is 18.1 Å². The molecule has 4 rings (SSSR count). The van der Waals surface area contributed by atoms with Gasteiger partial charge in [-0.05, 0) is 29.0 Å². The molecule has 0 bridgehead atoms. The smallest absolute Gasteiger partial charge is 0.283 e. The average Bonchev–Trinajstić information content (AvgIpc) is 3.02. The van der Waals surface area contributed by atoms with Crippen LogP contribution in [0.15, 0.2) is 89.6 Å². The van der Waals surface area contributed by atoms with E-state index >= 15 is 0 Å². The Kier molecular flexibility index (Phi) is 5.07. The summed E-state index contributed by atoms with van der Waals surface area (Å²) in [6, 6.07) is 21.3. The number of benzene rings is 3. The highest BCUT2D eigenvalue weighted by Crippen LogP contribution is 2.38. The maximum atomic E-state index is 12.2. The molecular weight excluding hydrogens is 364 g/mol. The predicted molar refractivity (Wildman–Crippen MR) is 116 cm³/mol. The molecule has 0 aliphatic heterocycles. The van der Waals surface area contributed by atoms with Gasteiger partial charge in [0.25, 0.3) is 5.91 Å². The average molecular weight is 384 g/mol. The summed E-state index contributed by atoms with van der Waals surface area (Å²) >= 11 is 0. The molecule has 2 N–H and O–H groups in total. The van der Waals surface area contributed by atoms with E-state index in [0.717, 1.165) is 27.4 Å². The first-order chi connectivity index (χ1) is 14.2. The number of amides is 1. The number of nitrogens with zero attached hydrogens (tertiary/aromatic N) is 3. The van der Waals surface area contributed by atoms with Crippen LogP contribution in [-0.2, 0) is 11.3 Å². The molecule has 0 aliphatic carbocycles. The molecule has 6 nitrogen and oxygen atoms in total. The van der Waals surface area contributed by atoms with Crippen molar-refractivity contribution in [2.24, 2.45) is 10.2 Å². The van der Waals surface area contributed by atoms with E-state index in [9.17, 15) is 9.90 Å². The number of azo groups is 1. The number of nitrogens with one attached hydrogen (secondary N) is 1. The second-order valence-electron chi connectivity index (χ2n) is 6.60. The van der Waals surface area contributed by atoms with Crippen LogP contribution >= 0.6 is 0 Å². The molecular formula is C23H20N4O2. The lowest BCUT2D eigenvalue weighted by Gasteiger charge is -2.05. The number of rotatable bonds is 6. The number of para-hydroxylation sites is 1. The standard InChI is InChI=1S/C23H20N4O2/c1-2-13-27-20-10-6-5-9-19(20)22(23(27)29)26-25-21(28)15-24-18-12-11-16-7-3-4-8-17(16)14-18/h2-12,14,24,29H,1,13,15H2. The monoisotopic (exact) mass is 384 g/mol. The maximum absolute atomic E-state index is 12.2. The molecule has 1 heterocycles. The Morgan fingerprint density at radius 2 is 1.83 bits per heavy atom. The maximum Gasteiger partial charge on any atom is 0.283 e. The summed E-state index contributed by atoms with van der Waals surface area (Å²) in [6.07, 6.45) is 1.69. The minimum Gasteiger partial charge on any atom is -0.493 e. The Hall–Kier alpha value is -3.93. The summed E-state index contributed by atoms with van der Waals surface area (Å²) in [5.41, 5.74) is 1.92. The molecule has 0 fully saturated rings. The van der Waals surface area contributed by atoms with Gasteiger partial charge in [-0.3, -0.25) is 4.79 Å². The third kappa shape index (κ3) is 3.73. The van der Waals surface area contributed by atoms with Gasteiger partial charge in [-0.25, -0.2) is 0 Å². The number of hydrogen-bond donors (Lipinski definition) is 2. The van der Waals surface area contributed by atoms with Gasteiger partial charge < -0.3 is 15.0 Å². The molecule has 0 atom stereocenters. The van der Waals surface area contributed by atoms with E-state index in [2.05, 4.69) is 22.1 Å². The quantitative estimate of drug-likeness (QED) is 0.345. The van der Waals surface area contributed by atoms with Crippen molar-refractivity contribution in [2.75, 3.05) is 11.9 Å². The zero-order valence-electron chi connectivity index (χ0n) is 15.7. The van der Waals surface area contributed by atoms with Crippen molar-refractivity contribution in [1.82, 2.24) is 4.57 Å². The largest absolute Gasteiger partial charge is 0.493 e. The summed E-state index contributed by atoms with van der Waals surface area (Å²) in [7, 11) is 0. The van der Waals surface area contributed by atoms with Crippen LogP contribution in [0.25, 0.3) is 21.7 Å². The van der Waals surface area contributed by atoms with Crippen LogP contribution in [0, 0.1) is 0 Å². The Balaban J connectivity index is 1.51. The summed E-state index contributed by atoms with van der Waals surface area (Å²) in [6.45, 7) is 4.15. The van der Waals surface area contributed by atoms with Crippen LogP contribution < -0.4 is 5.32 Å². The Morgan fingerprint density at radius 3 is 2.66 bits per heavy atom. The van der Waals surface area contributed by atoms with Crippen molar-refractivity contribution >= 4 is 39.0 Å². The molecule has 144 valence electrons. The van der Waals surface area contributed by atoms with Crippen molar-refractivity contribution in [1.29, 1.82) is 0 Å². The topological polar surface area (TPSA) is 79.0 Å². The molecule has 0 aliphatic rings. The number of carbonyl (C=O) groups excluding carboxylic acids is 1. The van der Waals surface area contributed by atoms with E-state index in [0.29, 0.717) is 6.54 Å². The molecule has 0 saturated heterocycles. The van der Waals surface area contributed by atoms with Crippen LogP contribution in [0.2, 0.25) is 0 Å². The van der Waals surface area contributed by atoms with Gasteiger partial charge in [-0.1, -0.05) is 54.6 Å². The second kappa shape index (κ2) is 7.98. The summed E-state index contributed by atoms with van der Waals surface area (Å²) in [5, 5.41) is 24.3. The zero-order chi connectivity index (χ0) is 20.2. The normalized spacial score (nSPS) is 11.3. The molecule has 3 aromatic carbocycles. The summed E-state index contributed by atoms with van der Waals surface area (Å²) in [5.74, 6) is -0.469. The first kappa shape index (κ1) is 18.4. The lowest BCUT2D eigenvalue weighted by molar-refractivity contribution is -0.116.